The van der Waals surface area contributed by atoms with Crippen molar-refractivity contribution in [2.45, 2.75) is 102 Å². The van der Waals surface area contributed by atoms with Crippen LogP contribution in [-0.2, 0) is 40.1 Å². The minimum Gasteiger partial charge on any atom is -0.415 e. The summed E-state index contributed by atoms with van der Waals surface area (Å²) in [6.07, 6.45) is 6.80. The van der Waals surface area contributed by atoms with Crippen molar-refractivity contribution in [3.05, 3.63) is 96.6 Å². The largest absolute Gasteiger partial charge is 0.452 e. The van der Waals surface area contributed by atoms with Crippen LogP contribution in [0.2, 0.25) is 0 Å². The molecule has 1 fully saturated rings. The van der Waals surface area contributed by atoms with Crippen LogP contribution < -0.4 is 30.2 Å². The van der Waals surface area contributed by atoms with Gasteiger partial charge in [-0.05, 0) is 87.6 Å². The summed E-state index contributed by atoms with van der Waals surface area (Å²) in [7, 11) is -5.69. The number of sulfone groups is 1. The van der Waals surface area contributed by atoms with E-state index in [2.05, 4.69) is 21.2 Å². The molecule has 0 aromatic heterocycles. The van der Waals surface area contributed by atoms with Crippen LogP contribution in [0.1, 0.15) is 76.7 Å². The average Bonchev–Trinajstić information content (AvgIpc) is 3.19. The van der Waals surface area contributed by atoms with E-state index in [0.29, 0.717) is 50.4 Å². The average molecular weight is 825 g/mol. The quantitative estimate of drug-likeness (QED) is 0.0542. The van der Waals surface area contributed by atoms with Crippen molar-refractivity contribution < 1.29 is 41.2 Å². The molecule has 57 heavy (non-hydrogen) atoms. The second kappa shape index (κ2) is 23.3. The summed E-state index contributed by atoms with van der Waals surface area (Å²) < 4.78 is 55.9. The predicted octanol–water partition coefficient (Wildman–Crippen LogP) is 5.07. The molecule has 0 bridgehead atoms. The smallest absolute Gasteiger partial charge is 0.415 e. The van der Waals surface area contributed by atoms with Gasteiger partial charge in [-0.3, -0.25) is 14.4 Å². The van der Waals surface area contributed by atoms with Crippen LogP contribution in [0.25, 0.3) is 0 Å². The fourth-order valence-electron chi connectivity index (χ4n) is 6.76. The van der Waals surface area contributed by atoms with Crippen molar-refractivity contribution in [2.24, 2.45) is 5.92 Å². The van der Waals surface area contributed by atoms with Gasteiger partial charge in [0.25, 0.3) is 0 Å². The third-order valence-corrected chi connectivity index (χ3v) is 13.0. The van der Waals surface area contributed by atoms with E-state index >= 15 is 0 Å². The molecular weight excluding hydrogens is 766 g/mol. The van der Waals surface area contributed by atoms with Crippen LogP contribution in [0.5, 0.6) is 11.5 Å². The summed E-state index contributed by atoms with van der Waals surface area (Å²) in [5, 5.41) is 11.7. The first kappa shape index (κ1) is 45.5. The molecule has 4 N–H and O–H groups in total. The molecule has 0 radical (unpaired) electrons. The Morgan fingerprint density at radius 2 is 1.40 bits per heavy atom. The summed E-state index contributed by atoms with van der Waals surface area (Å²) in [5.74, 6) is -1.80. The lowest BCUT2D eigenvalue weighted by molar-refractivity contribution is -0.130. The Morgan fingerprint density at radius 1 is 0.807 bits per heavy atom. The molecule has 1 aliphatic carbocycles. The van der Waals surface area contributed by atoms with E-state index in [-0.39, 0.29) is 42.4 Å². The number of nitrogens with one attached hydrogen (secondary N) is 4. The van der Waals surface area contributed by atoms with Gasteiger partial charge in [0, 0.05) is 25.3 Å². The van der Waals surface area contributed by atoms with E-state index < -0.39 is 41.2 Å². The molecule has 0 aliphatic heterocycles. The van der Waals surface area contributed by atoms with Crippen molar-refractivity contribution in [3.8, 4) is 11.5 Å². The number of ether oxygens (including phenoxy) is 1. The highest BCUT2D eigenvalue weighted by atomic mass is 32.2. The summed E-state index contributed by atoms with van der Waals surface area (Å²) >= 11 is 0. The summed E-state index contributed by atoms with van der Waals surface area (Å²) in [6.45, 7) is 2.64. The molecular formula is C41H58BN4O9PS. The molecule has 5 atom stereocenters. The number of para-hydroxylation sites is 2. The van der Waals surface area contributed by atoms with E-state index in [1.165, 1.54) is 0 Å². The van der Waals surface area contributed by atoms with Crippen LogP contribution >= 0.6 is 7.60 Å². The van der Waals surface area contributed by atoms with Gasteiger partial charge in [-0.2, -0.15) is 0 Å². The van der Waals surface area contributed by atoms with Crippen LogP contribution in [0.4, 0.5) is 0 Å². The monoisotopic (exact) mass is 824 g/mol. The standard InChI is InChI=1S/C41H58BN4O9PS/c1-31(56(50,54-34-19-8-4-9-20-34)55-35-21-10-5-11-22-35)43-39(47)26-25-33-18-12-13-23-36(33)44-40(48)37(27-29-57(2,51)52)45-41(49)38(46-42)24-14-15-28-53-30-32-16-6-3-7-17-32/h3-11,16-17,19-22,31,33,36-38,46H,12-15,18,23-30,42H2,1-2H3,(H,43,47)(H,44,48)(H,45,49)/t31?,33?,36?,37-,38-/m0/s1. The Bertz CT molecular complexity index is 1800. The molecule has 3 aromatic rings. The fourth-order valence-corrected chi connectivity index (χ4v) is 8.91. The van der Waals surface area contributed by atoms with Gasteiger partial charge in [0.05, 0.1) is 18.4 Å². The van der Waals surface area contributed by atoms with Crippen molar-refractivity contribution in [1.29, 1.82) is 0 Å². The minimum atomic E-state index is -3.94. The van der Waals surface area contributed by atoms with E-state index in [4.69, 9.17) is 13.8 Å². The Morgan fingerprint density at radius 3 is 2.00 bits per heavy atom. The van der Waals surface area contributed by atoms with E-state index in [9.17, 15) is 27.4 Å². The first-order valence-corrected chi connectivity index (χ1v) is 23.5. The van der Waals surface area contributed by atoms with Crippen LogP contribution in [0.15, 0.2) is 91.0 Å². The van der Waals surface area contributed by atoms with Gasteiger partial charge in [-0.1, -0.05) is 79.6 Å². The molecule has 4 rings (SSSR count). The normalized spacial score (nSPS) is 17.4. The van der Waals surface area contributed by atoms with Gasteiger partial charge in [-0.25, -0.2) is 13.0 Å². The lowest BCUT2D eigenvalue weighted by Gasteiger charge is -2.34. The zero-order chi connectivity index (χ0) is 41.1. The van der Waals surface area contributed by atoms with E-state index in [1.54, 1.807) is 75.6 Å². The SMILES string of the molecule is BN[C@@H](CCCCOCc1ccccc1)C(=O)N[C@@H](CCS(C)(=O)=O)C(=O)NC1CCCCC1CCC(=O)NC(C)P(=O)(Oc1ccccc1)Oc1ccccc1. The number of benzene rings is 3. The first-order valence-electron chi connectivity index (χ1n) is 19.8. The zero-order valence-corrected chi connectivity index (χ0v) is 35.0. The molecule has 0 saturated heterocycles. The number of carbonyl (C=O) groups is 3. The van der Waals surface area contributed by atoms with E-state index in [0.717, 1.165) is 37.5 Å². The second-order valence-electron chi connectivity index (χ2n) is 14.6. The third-order valence-electron chi connectivity index (χ3n) is 9.99. The zero-order valence-electron chi connectivity index (χ0n) is 33.3. The molecule has 16 heteroatoms. The molecule has 1 aliphatic rings. The highest BCUT2D eigenvalue weighted by Crippen LogP contribution is 2.51. The maximum atomic E-state index is 14.1. The molecule has 13 nitrogen and oxygen atoms in total. The Labute approximate surface area is 338 Å². The number of hydrogen-bond donors (Lipinski definition) is 4. The Balaban J connectivity index is 1.31. The van der Waals surface area contributed by atoms with Crippen molar-refractivity contribution >= 4 is 43.1 Å². The number of hydrogen-bond acceptors (Lipinski definition) is 10. The second-order valence-corrected chi connectivity index (χ2v) is 19.1. The third kappa shape index (κ3) is 16.3. The minimum absolute atomic E-state index is 0.0443. The Hall–Kier alpha value is -4.17. The van der Waals surface area contributed by atoms with Crippen LogP contribution in [0, 0.1) is 5.92 Å². The van der Waals surface area contributed by atoms with Crippen LogP contribution in [-0.4, -0.2) is 76.6 Å². The van der Waals surface area contributed by atoms with Gasteiger partial charge in [-0.15, -0.1) is 0 Å². The predicted molar refractivity (Wildman–Crippen MR) is 224 cm³/mol. The maximum absolute atomic E-state index is 14.1. The topological polar surface area (TPSA) is 178 Å². The number of carbonyl (C=O) groups excluding carboxylic acids is 3. The molecule has 310 valence electrons. The van der Waals surface area contributed by atoms with Gasteiger partial charge in [0.2, 0.25) is 17.7 Å². The van der Waals surface area contributed by atoms with Crippen LogP contribution in [0.3, 0.4) is 0 Å². The fraction of sp³-hybridized carbons (Fsp3) is 0.488. The molecule has 0 heterocycles. The van der Waals surface area contributed by atoms with Crippen molar-refractivity contribution in [1.82, 2.24) is 21.2 Å². The van der Waals surface area contributed by atoms with Crippen molar-refractivity contribution in [3.63, 3.8) is 0 Å². The molecule has 3 aromatic carbocycles. The van der Waals surface area contributed by atoms with Crippen molar-refractivity contribution in [2.75, 3.05) is 18.6 Å². The Kier molecular flexibility index (Phi) is 18.6. The van der Waals surface area contributed by atoms with Gasteiger partial charge >= 0.3 is 7.60 Å². The molecule has 1 saturated carbocycles. The number of amides is 3. The van der Waals surface area contributed by atoms with Gasteiger partial charge < -0.3 is 35.0 Å². The lowest BCUT2D eigenvalue weighted by Crippen LogP contribution is -2.55. The summed E-state index contributed by atoms with van der Waals surface area (Å²) in [6, 6.07) is 25.2. The molecule has 3 amide bonds. The highest BCUT2D eigenvalue weighted by molar-refractivity contribution is 7.90. The van der Waals surface area contributed by atoms with Gasteiger partial charge in [0.1, 0.15) is 27.4 Å². The number of rotatable bonds is 24. The van der Waals surface area contributed by atoms with E-state index in [1.807, 2.05) is 30.3 Å². The maximum Gasteiger partial charge on any atom is 0.452 e. The summed E-state index contributed by atoms with van der Waals surface area (Å²) in [4.78, 5) is 40.5. The highest BCUT2D eigenvalue weighted by Gasteiger charge is 2.38. The summed E-state index contributed by atoms with van der Waals surface area (Å²) in [5.41, 5.74) is 1.09. The molecule has 3 unspecified atom stereocenters. The van der Waals surface area contributed by atoms with Gasteiger partial charge in [0.15, 0.2) is 13.8 Å². The lowest BCUT2D eigenvalue weighted by atomic mass is 9.81. The molecule has 0 spiro atoms. The first-order chi connectivity index (χ1) is 27.3. The number of unbranched alkanes of at least 4 members (excludes halogenated alkanes) is 1.